The number of rotatable bonds is 5. The van der Waals surface area contributed by atoms with Gasteiger partial charge in [0.05, 0.1) is 22.6 Å². The minimum absolute atomic E-state index is 0.0560. The molecule has 154 valence electrons. The van der Waals surface area contributed by atoms with Crippen molar-refractivity contribution in [1.82, 2.24) is 9.78 Å². The average Bonchev–Trinajstić information content (AvgIpc) is 3.05. The van der Waals surface area contributed by atoms with Gasteiger partial charge in [-0.15, -0.1) is 0 Å². The van der Waals surface area contributed by atoms with E-state index >= 15 is 0 Å². The standard InChI is InChI=1S/C19H21N3O6S/c1-5-22-19(28-12(3)23)14(10-20-22)18(24)13-6-7-16-17(11(13)2)15(21-27-4)8-9-29(16,25)26/h6-7,10H,5,8-9H2,1-4H3. The third kappa shape index (κ3) is 3.67. The van der Waals surface area contributed by atoms with Gasteiger partial charge in [0.1, 0.15) is 12.7 Å². The summed E-state index contributed by atoms with van der Waals surface area (Å²) in [5.74, 6) is -1.02. The Labute approximate surface area is 168 Å². The van der Waals surface area contributed by atoms with E-state index in [1.807, 2.05) is 0 Å². The molecule has 0 N–H and O–H groups in total. The number of carbonyl (C=O) groups is 2. The molecule has 0 atom stereocenters. The molecule has 2 aromatic rings. The average molecular weight is 419 g/mol. The molecule has 1 aromatic heterocycles. The molecule has 0 unspecified atom stereocenters. The van der Waals surface area contributed by atoms with E-state index in [0.29, 0.717) is 23.4 Å². The normalized spacial score (nSPS) is 16.3. The van der Waals surface area contributed by atoms with Crippen molar-refractivity contribution in [2.75, 3.05) is 12.9 Å². The van der Waals surface area contributed by atoms with Gasteiger partial charge in [0.15, 0.2) is 15.6 Å². The van der Waals surface area contributed by atoms with Crippen LogP contribution in [0.5, 0.6) is 5.88 Å². The van der Waals surface area contributed by atoms with Gasteiger partial charge in [-0.05, 0) is 31.5 Å². The van der Waals surface area contributed by atoms with Crippen LogP contribution < -0.4 is 4.74 Å². The van der Waals surface area contributed by atoms with Crippen LogP contribution in [0.25, 0.3) is 0 Å². The van der Waals surface area contributed by atoms with Crippen molar-refractivity contribution < 1.29 is 27.6 Å². The molecule has 10 heteroatoms. The van der Waals surface area contributed by atoms with E-state index in [-0.39, 0.29) is 34.1 Å². The fraction of sp³-hybridized carbons (Fsp3) is 0.368. The summed E-state index contributed by atoms with van der Waals surface area (Å²) in [6.45, 7) is 5.11. The van der Waals surface area contributed by atoms with Gasteiger partial charge >= 0.3 is 5.97 Å². The van der Waals surface area contributed by atoms with Gasteiger partial charge in [0, 0.05) is 31.0 Å². The van der Waals surface area contributed by atoms with Crippen LogP contribution in [0, 0.1) is 6.92 Å². The largest absolute Gasteiger partial charge is 0.407 e. The quantitative estimate of drug-likeness (QED) is 0.413. The first-order chi connectivity index (χ1) is 13.7. The predicted molar refractivity (Wildman–Crippen MR) is 104 cm³/mol. The summed E-state index contributed by atoms with van der Waals surface area (Å²) < 4.78 is 31.6. The van der Waals surface area contributed by atoms with E-state index in [9.17, 15) is 18.0 Å². The highest BCUT2D eigenvalue weighted by molar-refractivity contribution is 7.91. The van der Waals surface area contributed by atoms with Crippen molar-refractivity contribution in [3.63, 3.8) is 0 Å². The number of sulfone groups is 1. The van der Waals surface area contributed by atoms with Crippen molar-refractivity contribution in [3.05, 3.63) is 40.6 Å². The molecule has 2 heterocycles. The van der Waals surface area contributed by atoms with Gasteiger partial charge in [-0.1, -0.05) is 5.16 Å². The Morgan fingerprint density at radius 2 is 2.00 bits per heavy atom. The third-order valence-corrected chi connectivity index (χ3v) is 6.43. The highest BCUT2D eigenvalue weighted by Gasteiger charge is 2.32. The van der Waals surface area contributed by atoms with Crippen molar-refractivity contribution in [3.8, 4) is 5.88 Å². The molecule has 0 saturated heterocycles. The smallest absolute Gasteiger partial charge is 0.309 e. The Hall–Kier alpha value is -3.01. The highest BCUT2D eigenvalue weighted by Crippen LogP contribution is 2.32. The summed E-state index contributed by atoms with van der Waals surface area (Å²) in [7, 11) is -2.10. The Bertz CT molecular complexity index is 1130. The van der Waals surface area contributed by atoms with Crippen LogP contribution in [0.1, 0.15) is 47.3 Å². The zero-order chi connectivity index (χ0) is 21.3. The number of carbonyl (C=O) groups excluding carboxylic acids is 2. The molecule has 0 aliphatic carbocycles. The zero-order valence-corrected chi connectivity index (χ0v) is 17.4. The summed E-state index contributed by atoms with van der Waals surface area (Å²) in [6.07, 6.45) is 1.53. The number of fused-ring (bicyclic) bond motifs is 1. The maximum Gasteiger partial charge on any atom is 0.309 e. The summed E-state index contributed by atoms with van der Waals surface area (Å²) in [5.41, 5.74) is 1.70. The van der Waals surface area contributed by atoms with Crippen LogP contribution in [-0.4, -0.2) is 48.5 Å². The van der Waals surface area contributed by atoms with Crippen molar-refractivity contribution in [2.24, 2.45) is 5.16 Å². The molecule has 1 aromatic carbocycles. The molecule has 1 aliphatic rings. The van der Waals surface area contributed by atoms with Crippen LogP contribution in [0.2, 0.25) is 0 Å². The summed E-state index contributed by atoms with van der Waals surface area (Å²) in [5, 5.41) is 8.05. The number of hydrogen-bond donors (Lipinski definition) is 0. The number of esters is 1. The number of ketones is 1. The Balaban J connectivity index is 2.18. The molecule has 0 spiro atoms. The number of aryl methyl sites for hydroxylation is 1. The molecule has 0 fully saturated rings. The van der Waals surface area contributed by atoms with Crippen molar-refractivity contribution >= 4 is 27.3 Å². The summed E-state index contributed by atoms with van der Waals surface area (Å²) in [4.78, 5) is 29.7. The second-order valence-corrected chi connectivity index (χ2v) is 8.58. The van der Waals surface area contributed by atoms with Crippen LogP contribution in [-0.2, 0) is 26.0 Å². The molecule has 9 nitrogen and oxygen atoms in total. The molecule has 3 rings (SSSR count). The molecule has 0 bridgehead atoms. The first-order valence-corrected chi connectivity index (χ1v) is 10.6. The number of aromatic nitrogens is 2. The molecule has 0 saturated carbocycles. The lowest BCUT2D eigenvalue weighted by atomic mass is 9.93. The van der Waals surface area contributed by atoms with Crippen molar-refractivity contribution in [1.29, 1.82) is 0 Å². The van der Waals surface area contributed by atoms with Gasteiger partial charge in [-0.3, -0.25) is 9.59 Å². The van der Waals surface area contributed by atoms with Crippen molar-refractivity contribution in [2.45, 2.75) is 38.6 Å². The van der Waals surface area contributed by atoms with E-state index in [1.54, 1.807) is 13.8 Å². The van der Waals surface area contributed by atoms with E-state index in [4.69, 9.17) is 9.57 Å². The van der Waals surface area contributed by atoms with Gasteiger partial charge in [0.25, 0.3) is 0 Å². The van der Waals surface area contributed by atoms with Gasteiger partial charge in [-0.2, -0.15) is 5.10 Å². The number of benzene rings is 1. The Morgan fingerprint density at radius 1 is 1.28 bits per heavy atom. The minimum atomic E-state index is -3.48. The lowest BCUT2D eigenvalue weighted by Gasteiger charge is -2.21. The number of hydrogen-bond acceptors (Lipinski definition) is 8. The molecule has 0 amide bonds. The third-order valence-electron chi connectivity index (χ3n) is 4.68. The van der Waals surface area contributed by atoms with Crippen LogP contribution in [0.3, 0.4) is 0 Å². The maximum absolute atomic E-state index is 13.2. The second-order valence-electron chi connectivity index (χ2n) is 6.50. The Morgan fingerprint density at radius 3 is 2.62 bits per heavy atom. The minimum Gasteiger partial charge on any atom is -0.407 e. The molecule has 0 radical (unpaired) electrons. The fourth-order valence-corrected chi connectivity index (χ4v) is 4.90. The highest BCUT2D eigenvalue weighted by atomic mass is 32.2. The monoisotopic (exact) mass is 419 g/mol. The number of oxime groups is 1. The lowest BCUT2D eigenvalue weighted by molar-refractivity contribution is -0.132. The first-order valence-electron chi connectivity index (χ1n) is 8.97. The zero-order valence-electron chi connectivity index (χ0n) is 16.6. The van der Waals surface area contributed by atoms with Crippen LogP contribution >= 0.6 is 0 Å². The molecule has 1 aliphatic heterocycles. The van der Waals surface area contributed by atoms with E-state index in [0.717, 1.165) is 0 Å². The molecular weight excluding hydrogens is 398 g/mol. The molecule has 29 heavy (non-hydrogen) atoms. The summed E-state index contributed by atoms with van der Waals surface area (Å²) >= 11 is 0. The van der Waals surface area contributed by atoms with Crippen LogP contribution in [0.15, 0.2) is 28.4 Å². The SMILES string of the molecule is CCn1ncc(C(=O)c2ccc3c(c2C)C(=NOC)CCS3(=O)=O)c1OC(C)=O. The number of ether oxygens (including phenoxy) is 1. The lowest BCUT2D eigenvalue weighted by Crippen LogP contribution is -2.24. The van der Waals surface area contributed by atoms with E-state index < -0.39 is 21.6 Å². The number of nitrogens with zero attached hydrogens (tertiary/aromatic N) is 3. The van der Waals surface area contributed by atoms with E-state index in [1.165, 1.54) is 37.0 Å². The first kappa shape index (κ1) is 20.7. The Kier molecular flexibility index (Phi) is 5.56. The maximum atomic E-state index is 13.2. The van der Waals surface area contributed by atoms with Gasteiger partial charge < -0.3 is 9.57 Å². The van der Waals surface area contributed by atoms with Gasteiger partial charge in [-0.25, -0.2) is 13.1 Å². The van der Waals surface area contributed by atoms with Gasteiger partial charge in [0.2, 0.25) is 5.88 Å². The summed E-state index contributed by atoms with van der Waals surface area (Å²) in [6, 6.07) is 2.87. The predicted octanol–water partition coefficient (Wildman–Crippen LogP) is 1.90. The van der Waals surface area contributed by atoms with E-state index in [2.05, 4.69) is 10.3 Å². The van der Waals surface area contributed by atoms with Crippen LogP contribution in [0.4, 0.5) is 0 Å². The topological polar surface area (TPSA) is 117 Å². The molecular formula is C19H21N3O6S. The fourth-order valence-electron chi connectivity index (χ4n) is 3.36. The second kappa shape index (κ2) is 7.78.